The van der Waals surface area contributed by atoms with E-state index < -0.39 is 23.6 Å². The summed E-state index contributed by atoms with van der Waals surface area (Å²) in [5.74, 6) is -0.644. The summed E-state index contributed by atoms with van der Waals surface area (Å²) in [6, 6.07) is 10.1. The van der Waals surface area contributed by atoms with Crippen molar-refractivity contribution in [1.29, 1.82) is 0 Å². The quantitative estimate of drug-likeness (QED) is 0.621. The number of aryl methyl sites for hydroxylation is 1. The Bertz CT molecular complexity index is 1260. The lowest BCUT2D eigenvalue weighted by Crippen LogP contribution is -2.22. The van der Waals surface area contributed by atoms with Crippen LogP contribution in [0.15, 0.2) is 42.5 Å². The van der Waals surface area contributed by atoms with Gasteiger partial charge in [0.2, 0.25) is 5.91 Å². The van der Waals surface area contributed by atoms with Gasteiger partial charge in [-0.05, 0) is 61.9 Å². The van der Waals surface area contributed by atoms with Gasteiger partial charge < -0.3 is 10.5 Å². The van der Waals surface area contributed by atoms with Crippen molar-refractivity contribution in [3.05, 3.63) is 64.8 Å². The standard InChI is InChI=1S/C23H19F3N4O3/c1-3-33-16-6-4-13(5-7-16)21-28-19(20(27)32)17-11-18(31)30(22(17)29-21)15-9-12(2)8-14(10-15)23(24,25)26/h4-10H,3,11H2,1-2H3,(H2,27,32). The Morgan fingerprint density at radius 2 is 1.85 bits per heavy atom. The molecule has 0 bridgehead atoms. The van der Waals surface area contributed by atoms with E-state index in [1.807, 2.05) is 6.92 Å². The normalized spacial score (nSPS) is 13.2. The van der Waals surface area contributed by atoms with Crippen LogP contribution in [0.2, 0.25) is 0 Å². The van der Waals surface area contributed by atoms with E-state index in [9.17, 15) is 22.8 Å². The third-order valence-electron chi connectivity index (χ3n) is 5.08. The van der Waals surface area contributed by atoms with Crippen molar-refractivity contribution in [3.63, 3.8) is 0 Å². The maximum atomic E-state index is 13.4. The first-order valence-electron chi connectivity index (χ1n) is 10.0. The number of amides is 2. The summed E-state index contributed by atoms with van der Waals surface area (Å²) in [5, 5.41) is 0. The van der Waals surface area contributed by atoms with Crippen LogP contribution >= 0.6 is 0 Å². The molecule has 0 spiro atoms. The second-order valence-electron chi connectivity index (χ2n) is 7.48. The van der Waals surface area contributed by atoms with Crippen LogP contribution in [0.25, 0.3) is 11.4 Å². The van der Waals surface area contributed by atoms with Crippen LogP contribution in [0.1, 0.15) is 34.1 Å². The third kappa shape index (κ3) is 4.23. The monoisotopic (exact) mass is 456 g/mol. The highest BCUT2D eigenvalue weighted by Crippen LogP contribution is 2.40. The highest BCUT2D eigenvalue weighted by atomic mass is 19.4. The van der Waals surface area contributed by atoms with Crippen LogP contribution in [0.5, 0.6) is 5.75 Å². The Labute approximate surface area is 187 Å². The molecule has 0 unspecified atom stereocenters. The van der Waals surface area contributed by atoms with E-state index in [1.165, 1.54) is 13.0 Å². The van der Waals surface area contributed by atoms with Crippen LogP contribution in [-0.4, -0.2) is 28.4 Å². The van der Waals surface area contributed by atoms with E-state index in [1.54, 1.807) is 24.3 Å². The maximum absolute atomic E-state index is 13.4. The molecule has 0 radical (unpaired) electrons. The zero-order valence-electron chi connectivity index (χ0n) is 17.7. The van der Waals surface area contributed by atoms with E-state index in [0.717, 1.165) is 17.0 Å². The predicted octanol–water partition coefficient (Wildman–Crippen LogP) is 4.19. The Balaban J connectivity index is 1.87. The first-order chi connectivity index (χ1) is 15.6. The SMILES string of the molecule is CCOc1ccc(-c2nc(C(N)=O)c3c(n2)N(c2cc(C)cc(C(F)(F)F)c2)C(=O)C3)cc1. The number of anilines is 2. The van der Waals surface area contributed by atoms with Gasteiger partial charge in [-0.2, -0.15) is 13.2 Å². The lowest BCUT2D eigenvalue weighted by atomic mass is 10.1. The maximum Gasteiger partial charge on any atom is 0.416 e. The van der Waals surface area contributed by atoms with Crippen molar-refractivity contribution in [3.8, 4) is 17.1 Å². The molecule has 170 valence electrons. The first kappa shape index (κ1) is 22.3. The van der Waals surface area contributed by atoms with Gasteiger partial charge >= 0.3 is 6.18 Å². The van der Waals surface area contributed by atoms with E-state index in [4.69, 9.17) is 10.5 Å². The molecule has 0 fully saturated rings. The number of benzene rings is 2. The molecule has 2 heterocycles. The minimum absolute atomic E-state index is 0.00200. The number of hydrogen-bond acceptors (Lipinski definition) is 5. The number of carbonyl (C=O) groups is 2. The molecule has 1 aromatic heterocycles. The molecule has 2 amide bonds. The fraction of sp³-hybridized carbons (Fsp3) is 0.217. The summed E-state index contributed by atoms with van der Waals surface area (Å²) in [5.41, 5.74) is 5.47. The van der Waals surface area contributed by atoms with Gasteiger partial charge in [0.15, 0.2) is 5.82 Å². The van der Waals surface area contributed by atoms with Gasteiger partial charge in [0.25, 0.3) is 5.91 Å². The topological polar surface area (TPSA) is 98.4 Å². The van der Waals surface area contributed by atoms with Gasteiger partial charge in [0, 0.05) is 11.1 Å². The smallest absolute Gasteiger partial charge is 0.416 e. The van der Waals surface area contributed by atoms with Crippen molar-refractivity contribution in [1.82, 2.24) is 9.97 Å². The molecule has 0 atom stereocenters. The Morgan fingerprint density at radius 3 is 2.45 bits per heavy atom. The van der Waals surface area contributed by atoms with E-state index in [-0.39, 0.29) is 35.0 Å². The first-order valence-corrected chi connectivity index (χ1v) is 10.0. The molecular weight excluding hydrogens is 437 g/mol. The molecule has 2 N–H and O–H groups in total. The molecule has 1 aliphatic rings. The number of hydrogen-bond donors (Lipinski definition) is 1. The number of alkyl halides is 3. The van der Waals surface area contributed by atoms with E-state index in [2.05, 4.69) is 9.97 Å². The lowest BCUT2D eigenvalue weighted by molar-refractivity contribution is -0.137. The molecule has 0 saturated heterocycles. The molecule has 33 heavy (non-hydrogen) atoms. The minimum atomic E-state index is -4.59. The number of aromatic nitrogens is 2. The van der Waals surface area contributed by atoms with Gasteiger partial charge in [-0.3, -0.25) is 14.5 Å². The summed E-state index contributed by atoms with van der Waals surface area (Å²) in [4.78, 5) is 34.7. The Morgan fingerprint density at radius 1 is 1.15 bits per heavy atom. The number of ether oxygens (including phenoxy) is 1. The van der Waals surface area contributed by atoms with Crippen LogP contribution in [0.3, 0.4) is 0 Å². The highest BCUT2D eigenvalue weighted by molar-refractivity contribution is 6.09. The molecule has 0 aliphatic carbocycles. The second kappa shape index (κ2) is 8.19. The van der Waals surface area contributed by atoms with Gasteiger partial charge in [-0.25, -0.2) is 9.97 Å². The fourth-order valence-electron chi connectivity index (χ4n) is 3.69. The van der Waals surface area contributed by atoms with Crippen LogP contribution in [-0.2, 0) is 17.4 Å². The summed E-state index contributed by atoms with van der Waals surface area (Å²) in [7, 11) is 0. The molecule has 10 heteroatoms. The van der Waals surface area contributed by atoms with Gasteiger partial charge in [-0.15, -0.1) is 0 Å². The molecule has 3 aromatic rings. The van der Waals surface area contributed by atoms with Crippen LogP contribution in [0.4, 0.5) is 24.7 Å². The zero-order valence-corrected chi connectivity index (χ0v) is 17.7. The molecule has 2 aromatic carbocycles. The number of rotatable bonds is 5. The number of primary amides is 1. The van der Waals surface area contributed by atoms with Crippen molar-refractivity contribution in [2.75, 3.05) is 11.5 Å². The average molecular weight is 456 g/mol. The minimum Gasteiger partial charge on any atom is -0.494 e. The molecule has 4 rings (SSSR count). The Kier molecular flexibility index (Phi) is 5.52. The number of nitrogens with zero attached hydrogens (tertiary/aromatic N) is 3. The summed E-state index contributed by atoms with van der Waals surface area (Å²) in [6.07, 6.45) is -4.85. The van der Waals surface area contributed by atoms with Crippen LogP contribution in [0, 0.1) is 6.92 Å². The zero-order chi connectivity index (χ0) is 23.9. The summed E-state index contributed by atoms with van der Waals surface area (Å²) >= 11 is 0. The number of carbonyl (C=O) groups excluding carboxylic acids is 2. The summed E-state index contributed by atoms with van der Waals surface area (Å²) in [6.45, 7) is 3.83. The predicted molar refractivity (Wildman–Crippen MR) is 114 cm³/mol. The van der Waals surface area contributed by atoms with E-state index >= 15 is 0 Å². The fourth-order valence-corrected chi connectivity index (χ4v) is 3.69. The molecule has 0 saturated carbocycles. The summed E-state index contributed by atoms with van der Waals surface area (Å²) < 4.78 is 45.5. The van der Waals surface area contributed by atoms with Crippen molar-refractivity contribution < 1.29 is 27.5 Å². The van der Waals surface area contributed by atoms with Gasteiger partial charge in [0.1, 0.15) is 17.3 Å². The number of fused-ring (bicyclic) bond motifs is 1. The third-order valence-corrected chi connectivity index (χ3v) is 5.08. The van der Waals surface area contributed by atoms with Crippen molar-refractivity contribution in [2.24, 2.45) is 5.73 Å². The molecule has 7 nitrogen and oxygen atoms in total. The highest BCUT2D eigenvalue weighted by Gasteiger charge is 2.37. The van der Waals surface area contributed by atoms with Crippen molar-refractivity contribution >= 4 is 23.3 Å². The van der Waals surface area contributed by atoms with Crippen LogP contribution < -0.4 is 15.4 Å². The number of nitrogens with two attached hydrogens (primary N) is 1. The largest absolute Gasteiger partial charge is 0.494 e. The van der Waals surface area contributed by atoms with Gasteiger partial charge in [-0.1, -0.05) is 0 Å². The van der Waals surface area contributed by atoms with E-state index in [0.29, 0.717) is 23.5 Å². The molecule has 1 aliphatic heterocycles. The van der Waals surface area contributed by atoms with Crippen molar-refractivity contribution in [2.45, 2.75) is 26.4 Å². The van der Waals surface area contributed by atoms with Gasteiger partial charge in [0.05, 0.1) is 24.3 Å². The number of halogens is 3. The lowest BCUT2D eigenvalue weighted by Gasteiger charge is -2.20. The average Bonchev–Trinajstić information content (AvgIpc) is 3.08. The molecular formula is C23H19F3N4O3. The second-order valence-corrected chi connectivity index (χ2v) is 7.48. The Hall–Kier alpha value is -3.95.